The number of nitrogens with zero attached hydrogens (tertiary/aromatic N) is 2. The molecule has 0 unspecified atom stereocenters. The maximum absolute atomic E-state index is 4.49. The molecule has 9 rings (SSSR count). The summed E-state index contributed by atoms with van der Waals surface area (Å²) in [4.78, 5) is 24.2. The molecule has 0 spiro atoms. The fraction of sp³-hybridized carbons (Fsp3) is 0.0233. The molecule has 6 nitrogen and oxygen atoms in total. The Morgan fingerprint density at radius 2 is 0.735 bits per heavy atom. The standard InChI is InChI=1S/C43H32N6/c1-27-11-13-29(14-12-27)41-34-16-15-32(46-34)40(28-7-3-2-4-8-28)33-17-19-36(47-33)42(30-9-5-23-44-25-30)38-21-22-39(49-38)43(31-10-6-24-45-26-31)37-20-18-35(41)48-37/h2-26,46-49H,1H3. The van der Waals surface area contributed by atoms with Gasteiger partial charge in [-0.1, -0.05) is 72.3 Å². The molecule has 49 heavy (non-hydrogen) atoms. The first-order valence-electron chi connectivity index (χ1n) is 16.4. The normalized spacial score (nSPS) is 12.8. The number of hydrogen-bond acceptors (Lipinski definition) is 2. The number of H-pyrrole nitrogens is 4. The van der Waals surface area contributed by atoms with Crippen LogP contribution in [0.25, 0.3) is 22.3 Å². The van der Waals surface area contributed by atoms with Crippen molar-refractivity contribution in [3.63, 3.8) is 0 Å². The van der Waals surface area contributed by atoms with Crippen LogP contribution >= 0.6 is 0 Å². The number of aromatic amines is 4. The summed E-state index contributed by atoms with van der Waals surface area (Å²) in [7, 11) is 0. The van der Waals surface area contributed by atoms with E-state index in [1.54, 1.807) is 0 Å². The summed E-state index contributed by atoms with van der Waals surface area (Å²) < 4.78 is 0. The Kier molecular flexibility index (Phi) is 6.91. The van der Waals surface area contributed by atoms with E-state index in [0.29, 0.717) is 0 Å². The van der Waals surface area contributed by atoms with Crippen LogP contribution in [-0.2, 0) is 0 Å². The highest BCUT2D eigenvalue weighted by molar-refractivity contribution is 5.84. The second-order valence-electron chi connectivity index (χ2n) is 12.4. The monoisotopic (exact) mass is 632 g/mol. The van der Waals surface area contributed by atoms with E-state index in [2.05, 4.69) is 152 Å². The van der Waals surface area contributed by atoms with Gasteiger partial charge in [0.1, 0.15) is 0 Å². The van der Waals surface area contributed by atoms with E-state index in [9.17, 15) is 0 Å². The molecular weight excluding hydrogens is 601 g/mol. The molecule has 0 radical (unpaired) electrons. The Bertz CT molecular complexity index is 2690. The maximum Gasteiger partial charge on any atom is 0.0486 e. The van der Waals surface area contributed by atoms with Crippen molar-refractivity contribution in [2.75, 3.05) is 0 Å². The van der Waals surface area contributed by atoms with Gasteiger partial charge < -0.3 is 19.9 Å². The number of aryl methyl sites for hydroxylation is 1. The van der Waals surface area contributed by atoms with Crippen LogP contribution in [0.2, 0.25) is 0 Å². The van der Waals surface area contributed by atoms with E-state index < -0.39 is 0 Å². The molecular formula is C43H32N6. The molecule has 1 aliphatic heterocycles. The van der Waals surface area contributed by atoms with Crippen molar-refractivity contribution in [1.29, 1.82) is 0 Å². The largest absolute Gasteiger partial charge is 0.354 e. The lowest BCUT2D eigenvalue weighted by Gasteiger charge is -2.09. The van der Waals surface area contributed by atoms with Gasteiger partial charge in [-0.05, 0) is 78.7 Å². The highest BCUT2D eigenvalue weighted by Gasteiger charge is 2.18. The topological polar surface area (TPSA) is 88.9 Å². The van der Waals surface area contributed by atoms with Crippen molar-refractivity contribution in [2.45, 2.75) is 6.92 Å². The van der Waals surface area contributed by atoms with E-state index in [0.717, 1.165) is 88.7 Å². The van der Waals surface area contributed by atoms with Gasteiger partial charge >= 0.3 is 0 Å². The predicted octanol–water partition coefficient (Wildman–Crippen LogP) is 5.40. The van der Waals surface area contributed by atoms with Crippen LogP contribution in [0.4, 0.5) is 0 Å². The minimum absolute atomic E-state index is 0.979. The molecule has 2 aromatic carbocycles. The van der Waals surface area contributed by atoms with Crippen LogP contribution in [0.5, 0.6) is 0 Å². The highest BCUT2D eigenvalue weighted by Crippen LogP contribution is 2.27. The van der Waals surface area contributed by atoms with Crippen molar-refractivity contribution in [3.05, 3.63) is 224 Å². The smallest absolute Gasteiger partial charge is 0.0486 e. The molecule has 234 valence electrons. The second kappa shape index (κ2) is 11.9. The highest BCUT2D eigenvalue weighted by atomic mass is 14.8. The third kappa shape index (κ3) is 5.16. The van der Waals surface area contributed by atoms with Gasteiger partial charge in [0.05, 0.1) is 0 Å². The van der Waals surface area contributed by atoms with Gasteiger partial charge in [-0.2, -0.15) is 0 Å². The number of pyridine rings is 2. The molecule has 6 aromatic heterocycles. The van der Waals surface area contributed by atoms with Crippen molar-refractivity contribution < 1.29 is 0 Å². The van der Waals surface area contributed by atoms with Crippen LogP contribution in [0.3, 0.4) is 0 Å². The quantitative estimate of drug-likeness (QED) is 0.210. The van der Waals surface area contributed by atoms with Crippen molar-refractivity contribution in [3.8, 4) is 0 Å². The van der Waals surface area contributed by atoms with E-state index in [1.807, 2.05) is 36.9 Å². The fourth-order valence-electron chi connectivity index (χ4n) is 6.92. The molecule has 1 aliphatic rings. The Hall–Kier alpha value is -6.66. The molecule has 8 aromatic rings. The lowest BCUT2D eigenvalue weighted by atomic mass is 10.0. The first-order valence-corrected chi connectivity index (χ1v) is 16.4. The van der Waals surface area contributed by atoms with Crippen LogP contribution < -0.4 is 21.4 Å². The molecule has 4 N–H and O–H groups in total. The zero-order chi connectivity index (χ0) is 32.7. The summed E-state index contributed by atoms with van der Waals surface area (Å²) in [5.74, 6) is 0. The molecule has 0 amide bonds. The first kappa shape index (κ1) is 28.6. The van der Waals surface area contributed by atoms with Gasteiger partial charge in [0, 0.05) is 102 Å². The Morgan fingerprint density at radius 1 is 0.347 bits per heavy atom. The Balaban J connectivity index is 1.44. The molecule has 0 atom stereocenters. The number of aromatic nitrogens is 6. The third-order valence-electron chi connectivity index (χ3n) is 9.20. The summed E-state index contributed by atoms with van der Waals surface area (Å²) in [5, 5.41) is 4.00. The average molecular weight is 633 g/mol. The fourth-order valence-corrected chi connectivity index (χ4v) is 6.92. The summed E-state index contributed by atoms with van der Waals surface area (Å²) in [5.41, 5.74) is 13.7. The maximum atomic E-state index is 4.49. The van der Waals surface area contributed by atoms with Gasteiger partial charge in [-0.15, -0.1) is 0 Å². The van der Waals surface area contributed by atoms with Crippen molar-refractivity contribution >= 4 is 22.3 Å². The van der Waals surface area contributed by atoms with Crippen LogP contribution in [0.1, 0.15) is 50.6 Å². The van der Waals surface area contributed by atoms with Crippen molar-refractivity contribution in [1.82, 2.24) is 29.9 Å². The summed E-state index contributed by atoms with van der Waals surface area (Å²) in [6, 6.07) is 44.8. The molecule has 8 bridgehead atoms. The van der Waals surface area contributed by atoms with Gasteiger partial charge in [-0.25, -0.2) is 0 Å². The minimum Gasteiger partial charge on any atom is -0.354 e. The van der Waals surface area contributed by atoms with Gasteiger partial charge in [0.2, 0.25) is 0 Å². The Labute approximate surface area is 282 Å². The zero-order valence-corrected chi connectivity index (χ0v) is 26.8. The van der Waals surface area contributed by atoms with Gasteiger partial charge in [0.25, 0.3) is 0 Å². The number of hydrogen-bond donors (Lipinski definition) is 4. The lowest BCUT2D eigenvalue weighted by molar-refractivity contribution is 1.18. The summed E-state index contributed by atoms with van der Waals surface area (Å²) in [6.45, 7) is 2.12. The molecule has 6 heteroatoms. The van der Waals surface area contributed by atoms with E-state index >= 15 is 0 Å². The SMILES string of the molecule is Cc1ccc(C2=c3ccc([nH]3)=C(c3cccnc3)c3ccc([nH]3)C(c3cccnc3)=c3ccc([nH]3)=C(c3ccccc3)c3ccc2[nH]3)cc1. The van der Waals surface area contributed by atoms with E-state index in [1.165, 1.54) is 5.56 Å². The number of rotatable bonds is 4. The minimum atomic E-state index is 0.979. The molecule has 0 saturated heterocycles. The zero-order valence-electron chi connectivity index (χ0n) is 26.8. The number of benzene rings is 2. The van der Waals surface area contributed by atoms with Gasteiger partial charge in [-0.3, -0.25) is 9.97 Å². The lowest BCUT2D eigenvalue weighted by Crippen LogP contribution is -2.19. The Morgan fingerprint density at radius 3 is 1.14 bits per heavy atom. The van der Waals surface area contributed by atoms with E-state index in [4.69, 9.17) is 0 Å². The van der Waals surface area contributed by atoms with E-state index in [-0.39, 0.29) is 0 Å². The second-order valence-corrected chi connectivity index (χ2v) is 12.4. The summed E-state index contributed by atoms with van der Waals surface area (Å²) >= 11 is 0. The molecule has 7 heterocycles. The average Bonchev–Trinajstić information content (AvgIpc) is 3.98. The van der Waals surface area contributed by atoms with Crippen molar-refractivity contribution in [2.24, 2.45) is 0 Å². The molecule has 0 saturated carbocycles. The van der Waals surface area contributed by atoms with Crippen LogP contribution in [0, 0.1) is 6.92 Å². The predicted molar refractivity (Wildman–Crippen MR) is 194 cm³/mol. The molecule has 0 aliphatic carbocycles. The summed E-state index contributed by atoms with van der Waals surface area (Å²) in [6.07, 6.45) is 7.45. The number of fused-ring (bicyclic) bond motifs is 8. The van der Waals surface area contributed by atoms with Crippen LogP contribution in [0.15, 0.2) is 152 Å². The van der Waals surface area contributed by atoms with Crippen LogP contribution in [-0.4, -0.2) is 29.9 Å². The number of nitrogens with one attached hydrogen (secondary N) is 4. The molecule has 0 fully saturated rings. The van der Waals surface area contributed by atoms with Gasteiger partial charge in [0.15, 0.2) is 0 Å². The third-order valence-corrected chi connectivity index (χ3v) is 9.20. The first-order chi connectivity index (χ1) is 24.2.